The highest BCUT2D eigenvalue weighted by Gasteiger charge is 2.63. The van der Waals surface area contributed by atoms with Crippen LogP contribution >= 0.6 is 0 Å². The first-order chi connectivity index (χ1) is 46.6. The highest BCUT2D eigenvalue weighted by atomic mass is 32.2. The number of amides is 4. The van der Waals surface area contributed by atoms with Gasteiger partial charge in [-0.2, -0.15) is 0 Å². The number of carbonyl (C=O) groups is 8. The molecular formula is C73H95N7O17S2. The van der Waals surface area contributed by atoms with E-state index in [0.717, 1.165) is 47.2 Å². The standard InChI is InChI=1S/C37H47N3O8S.C31H40N4O7S.C5H8O2/c1-6-24-19-37(24,35(44)39-49(45,46)28-10-11-28)20-32(42)31-18-27(48-33-29-12-9-26(47-5)16-23(29)13-14-38-33)21-40(31)34(43)30(36(2,3)4)17-25(41)15-22-7-8-22;1-6-19-15-31(19,29(38)34-43(39,40)22-8-9-22)16-25(36)24-14-21(17-35(24)28(37)26(32)30(2,3)4)42-27-23-10-7-20(41-5)13-18(23)11-12-33-27;6-5(7)3-4-1-2-4/h6,9,12-14,16,22,24,27-28,30-31H,1,7-8,10-11,15,17-21H2,2-5H3,(H,39,44);6-7,10-13,19,21-22,24,26H,1,8-9,14-17,32H2,2-5H3,(H,34,38);4H,1-3H2,(H,6,7)/t24-,27-,30-,31+,37-;19-,21-,24+,26-,31-;/m11./s1. The maximum Gasteiger partial charge on any atom is 0.303 e. The highest BCUT2D eigenvalue weighted by Crippen LogP contribution is 2.58. The number of nitrogens with zero attached hydrogens (tertiary/aromatic N) is 4. The van der Waals surface area contributed by atoms with Gasteiger partial charge in [0.25, 0.3) is 0 Å². The van der Waals surface area contributed by atoms with Gasteiger partial charge in [-0.1, -0.05) is 53.7 Å². The molecule has 4 aromatic rings. The van der Waals surface area contributed by atoms with E-state index in [-0.39, 0.29) is 80.3 Å². The molecule has 0 spiro atoms. The van der Waals surface area contributed by atoms with E-state index in [1.165, 1.54) is 9.80 Å². The van der Waals surface area contributed by atoms with Crippen LogP contribution in [0.25, 0.3) is 21.5 Å². The summed E-state index contributed by atoms with van der Waals surface area (Å²) in [6, 6.07) is 12.0. The molecule has 4 heterocycles. The van der Waals surface area contributed by atoms with Gasteiger partial charge in [-0.3, -0.25) is 47.8 Å². The fourth-order valence-electron chi connectivity index (χ4n) is 13.5. The summed E-state index contributed by atoms with van der Waals surface area (Å²) in [4.78, 5) is 118. The summed E-state index contributed by atoms with van der Waals surface area (Å²) in [5.74, 6) is -1.79. The van der Waals surface area contributed by atoms with Crippen LogP contribution in [0.5, 0.6) is 23.3 Å². The Morgan fingerprint density at radius 3 is 1.38 bits per heavy atom. The van der Waals surface area contributed by atoms with E-state index in [9.17, 15) is 55.2 Å². The predicted molar refractivity (Wildman–Crippen MR) is 369 cm³/mol. The molecule has 12 rings (SSSR count). The van der Waals surface area contributed by atoms with Crippen molar-refractivity contribution in [2.75, 3.05) is 27.3 Å². The quantitative estimate of drug-likeness (QED) is 0.0388. The molecule has 8 aliphatic rings. The normalized spacial score (nSPS) is 25.5. The number of aliphatic carboxylic acids is 1. The van der Waals surface area contributed by atoms with Crippen LogP contribution in [-0.4, -0.2) is 157 Å². The number of benzene rings is 2. The Morgan fingerprint density at radius 2 is 1.04 bits per heavy atom. The molecule has 26 heteroatoms. The number of allylic oxidation sites excluding steroid dienone is 2. The number of fused-ring (bicyclic) bond motifs is 2. The average Bonchev–Trinajstić information content (AvgIpc) is 1.58. The van der Waals surface area contributed by atoms with Crippen molar-refractivity contribution in [2.24, 2.45) is 57.0 Å². The first-order valence-corrected chi connectivity index (χ1v) is 37.4. The summed E-state index contributed by atoms with van der Waals surface area (Å²) in [7, 11) is -4.45. The number of hydrogen-bond donors (Lipinski definition) is 4. The van der Waals surface area contributed by atoms with Crippen molar-refractivity contribution in [1.29, 1.82) is 0 Å². The van der Waals surface area contributed by atoms with Gasteiger partial charge in [0.05, 0.1) is 66.8 Å². The molecule has 24 nitrogen and oxygen atoms in total. The minimum absolute atomic E-state index is 0.0420. The van der Waals surface area contributed by atoms with Crippen molar-refractivity contribution in [2.45, 2.75) is 192 Å². The van der Waals surface area contributed by atoms with Gasteiger partial charge in [0.2, 0.25) is 55.4 Å². The number of aromatic nitrogens is 2. The zero-order chi connectivity index (χ0) is 71.9. The number of ketones is 3. The summed E-state index contributed by atoms with van der Waals surface area (Å²) in [5.41, 5.74) is 2.74. The lowest BCUT2D eigenvalue weighted by Crippen LogP contribution is -2.53. The van der Waals surface area contributed by atoms with E-state index >= 15 is 0 Å². The molecule has 8 fully saturated rings. The van der Waals surface area contributed by atoms with Crippen LogP contribution in [0.1, 0.15) is 151 Å². The summed E-state index contributed by atoms with van der Waals surface area (Å²) >= 11 is 0. The second-order valence-corrected chi connectivity index (χ2v) is 34.5. The van der Waals surface area contributed by atoms with Gasteiger partial charge >= 0.3 is 5.97 Å². The van der Waals surface area contributed by atoms with Gasteiger partial charge in [-0.25, -0.2) is 26.8 Å². The molecule has 6 saturated carbocycles. The van der Waals surface area contributed by atoms with Crippen LogP contribution in [0.4, 0.5) is 0 Å². The van der Waals surface area contributed by atoms with E-state index in [0.29, 0.717) is 86.5 Å². The number of ether oxygens (including phenoxy) is 4. The van der Waals surface area contributed by atoms with Gasteiger partial charge in [0.1, 0.15) is 29.5 Å². The number of pyridine rings is 2. The molecule has 2 aliphatic heterocycles. The Hall–Kier alpha value is -7.84. The highest BCUT2D eigenvalue weighted by molar-refractivity contribution is 7.91. The maximum atomic E-state index is 14.5. The fourth-order valence-corrected chi connectivity index (χ4v) is 16.3. The third kappa shape index (κ3) is 17.5. The Morgan fingerprint density at radius 1 is 0.626 bits per heavy atom. The van der Waals surface area contributed by atoms with Gasteiger partial charge in [0.15, 0.2) is 11.6 Å². The predicted octanol–water partition coefficient (Wildman–Crippen LogP) is 8.37. The largest absolute Gasteiger partial charge is 0.497 e. The number of rotatable bonds is 28. The van der Waals surface area contributed by atoms with Crippen LogP contribution in [0.15, 0.2) is 86.2 Å². The number of carboxylic acids is 1. The molecule has 4 amide bonds. The Labute approximate surface area is 579 Å². The van der Waals surface area contributed by atoms with Crippen molar-refractivity contribution in [3.63, 3.8) is 0 Å². The van der Waals surface area contributed by atoms with Gasteiger partial charge < -0.3 is 39.6 Å². The molecule has 536 valence electrons. The van der Waals surface area contributed by atoms with E-state index in [2.05, 4.69) is 32.6 Å². The van der Waals surface area contributed by atoms with Crippen molar-refractivity contribution < 1.29 is 79.2 Å². The van der Waals surface area contributed by atoms with Gasteiger partial charge in [-0.05, 0) is 158 Å². The monoisotopic (exact) mass is 1410 g/mol. The number of nitrogens with two attached hydrogens (primary N) is 1. The lowest BCUT2D eigenvalue weighted by atomic mass is 9.76. The van der Waals surface area contributed by atoms with Crippen molar-refractivity contribution in [1.82, 2.24) is 29.2 Å². The molecule has 10 atom stereocenters. The summed E-state index contributed by atoms with van der Waals surface area (Å²) < 4.78 is 78.3. The minimum Gasteiger partial charge on any atom is -0.497 e. The maximum absolute atomic E-state index is 14.5. The molecule has 99 heavy (non-hydrogen) atoms. The number of likely N-dealkylation sites (tertiary alicyclic amines) is 2. The Bertz CT molecular complexity index is 4060. The summed E-state index contributed by atoms with van der Waals surface area (Å²) in [5, 5.41) is 10.2. The minimum atomic E-state index is -3.83. The van der Waals surface area contributed by atoms with Crippen molar-refractivity contribution >= 4 is 88.5 Å². The van der Waals surface area contributed by atoms with Crippen LogP contribution in [-0.2, 0) is 58.4 Å². The number of hydrogen-bond acceptors (Lipinski definition) is 19. The van der Waals surface area contributed by atoms with Crippen LogP contribution in [0.3, 0.4) is 0 Å². The lowest BCUT2D eigenvalue weighted by Gasteiger charge is -2.35. The zero-order valence-corrected chi connectivity index (χ0v) is 59.5. The van der Waals surface area contributed by atoms with Gasteiger partial charge in [-0.15, -0.1) is 13.2 Å². The second kappa shape index (κ2) is 29.0. The van der Waals surface area contributed by atoms with Crippen molar-refractivity contribution in [3.05, 3.63) is 86.2 Å². The number of methoxy groups -OCH3 is 2. The van der Waals surface area contributed by atoms with E-state index < -0.39 is 112 Å². The second-order valence-electron chi connectivity index (χ2n) is 30.6. The number of sulfonamides is 2. The number of carboxylic acid groups (broad SMARTS) is 1. The van der Waals surface area contributed by atoms with E-state index in [1.807, 2.05) is 77.9 Å². The van der Waals surface area contributed by atoms with Gasteiger partial charge in [0, 0.05) is 74.0 Å². The van der Waals surface area contributed by atoms with Crippen LogP contribution in [0, 0.1) is 51.2 Å². The molecule has 2 aromatic carbocycles. The molecule has 2 aromatic heterocycles. The molecule has 5 N–H and O–H groups in total. The average molecular weight is 1410 g/mol. The molecule has 6 aliphatic carbocycles. The molecule has 0 bridgehead atoms. The van der Waals surface area contributed by atoms with Crippen LogP contribution in [0.2, 0.25) is 0 Å². The van der Waals surface area contributed by atoms with Crippen molar-refractivity contribution in [3.8, 4) is 23.3 Å². The van der Waals surface area contributed by atoms with E-state index in [1.54, 1.807) is 50.9 Å². The Kier molecular flexibility index (Phi) is 21.7. The van der Waals surface area contributed by atoms with E-state index in [4.69, 9.17) is 29.8 Å². The fraction of sp³-hybridized carbons (Fsp3) is 0.589. The number of nitrogens with one attached hydrogen (secondary N) is 2. The molecule has 0 unspecified atom stereocenters. The summed E-state index contributed by atoms with van der Waals surface area (Å²) in [6.45, 7) is 19.1. The Balaban J connectivity index is 0.000000196. The first kappa shape index (κ1) is 73.9. The first-order valence-electron chi connectivity index (χ1n) is 34.4. The lowest BCUT2D eigenvalue weighted by molar-refractivity contribution is -0.146. The number of Topliss-reactive ketones (excluding diaryl/α,β-unsaturated/α-hetero) is 3. The SMILES string of the molecule is C=C[C@@H]1C[C@]1(CC(=O)[C@@H]1C[C@@H](Oc2nccc3cc(OC)ccc23)CN1C(=O)[C@@H](CC(=O)CC1CC1)C(C)(C)C)C(=O)NS(=O)(=O)C1CC1.C=C[C@@H]1C[C@]1(CC(=O)[C@@H]1C[C@@H](Oc2nccc3cc(OC)ccc23)CN1C(=O)[C@@H](N)C(C)(C)C)C(=O)NS(=O)(=O)C1CC1.O=C(O)CC1CC1. The smallest absolute Gasteiger partial charge is 0.303 e. The zero-order valence-electron chi connectivity index (χ0n) is 57.9. The topological polar surface area (TPSA) is 344 Å². The van der Waals surface area contributed by atoms with Crippen LogP contribution < -0.4 is 34.1 Å². The third-order valence-electron chi connectivity index (χ3n) is 20.7. The summed E-state index contributed by atoms with van der Waals surface area (Å²) in [6.07, 6.45) is 12.9. The third-order valence-corrected chi connectivity index (χ3v) is 24.4. The molecule has 2 saturated heterocycles. The number of carbonyl (C=O) groups excluding carboxylic acids is 7. The molecular weight excluding hydrogens is 1310 g/mol. The molecule has 0 radical (unpaired) electrons.